The highest BCUT2D eigenvalue weighted by atomic mass is 35.5. The molecule has 0 fully saturated rings. The Morgan fingerprint density at radius 3 is 2.85 bits per heavy atom. The lowest BCUT2D eigenvalue weighted by Crippen LogP contribution is -1.95. The second-order valence-corrected chi connectivity index (χ2v) is 3.72. The van der Waals surface area contributed by atoms with Gasteiger partial charge >= 0.3 is 0 Å². The summed E-state index contributed by atoms with van der Waals surface area (Å²) in [5.41, 5.74) is 0.802. The van der Waals surface area contributed by atoms with Gasteiger partial charge in [-0.2, -0.15) is 0 Å². The molecule has 0 radical (unpaired) electrons. The van der Waals surface area contributed by atoms with Crippen molar-refractivity contribution in [3.05, 3.63) is 29.2 Å². The van der Waals surface area contributed by atoms with Crippen LogP contribution >= 0.6 is 11.6 Å². The van der Waals surface area contributed by atoms with Crippen molar-refractivity contribution in [3.8, 4) is 0 Å². The Balaban J connectivity index is 2.69. The van der Waals surface area contributed by atoms with Crippen LogP contribution in [-0.2, 0) is 0 Å². The molecule has 2 rings (SSSR count). The van der Waals surface area contributed by atoms with E-state index in [4.69, 9.17) is 11.6 Å². The van der Waals surface area contributed by atoms with Crippen LogP contribution in [0.2, 0.25) is 5.02 Å². The summed E-state index contributed by atoms with van der Waals surface area (Å²) in [4.78, 5) is 0. The van der Waals surface area contributed by atoms with Gasteiger partial charge in [0.1, 0.15) is 5.82 Å². The molecule has 0 aliphatic heterocycles. The summed E-state index contributed by atoms with van der Waals surface area (Å²) in [7, 11) is 0. The molecule has 2 aromatic rings. The third kappa shape index (κ3) is 1.40. The first-order valence-electron chi connectivity index (χ1n) is 4.18. The van der Waals surface area contributed by atoms with Gasteiger partial charge in [0.05, 0.1) is 0 Å². The molecule has 2 aromatic heterocycles. The molecule has 0 N–H and O–H groups in total. The van der Waals surface area contributed by atoms with Gasteiger partial charge in [0.15, 0.2) is 5.65 Å². The van der Waals surface area contributed by atoms with Crippen molar-refractivity contribution in [3.63, 3.8) is 0 Å². The quantitative estimate of drug-likeness (QED) is 0.700. The van der Waals surface area contributed by atoms with E-state index in [9.17, 15) is 0 Å². The number of halogens is 1. The Hall–Kier alpha value is -1.09. The van der Waals surface area contributed by atoms with E-state index in [1.165, 1.54) is 0 Å². The Labute approximate surface area is 81.4 Å². The number of rotatable bonds is 1. The largest absolute Gasteiger partial charge is 0.286 e. The molecular formula is C9H10ClN3. The lowest BCUT2D eigenvalue weighted by Gasteiger charge is -2.01. The average Bonchev–Trinajstić information content (AvgIpc) is 2.46. The molecular weight excluding hydrogens is 186 g/mol. The van der Waals surface area contributed by atoms with Crippen LogP contribution < -0.4 is 0 Å². The van der Waals surface area contributed by atoms with Crippen LogP contribution in [0, 0.1) is 0 Å². The zero-order valence-corrected chi connectivity index (χ0v) is 8.28. The van der Waals surface area contributed by atoms with E-state index in [1.54, 1.807) is 6.07 Å². The summed E-state index contributed by atoms with van der Waals surface area (Å²) in [5, 5.41) is 8.81. The number of nitrogens with zero attached hydrogens (tertiary/aromatic N) is 3. The fourth-order valence-electron chi connectivity index (χ4n) is 1.28. The van der Waals surface area contributed by atoms with E-state index in [0.717, 1.165) is 11.5 Å². The highest BCUT2D eigenvalue weighted by Gasteiger charge is 2.08. The Bertz CT molecular complexity index is 433. The summed E-state index contributed by atoms with van der Waals surface area (Å²) in [6.07, 6.45) is 1.90. The summed E-state index contributed by atoms with van der Waals surface area (Å²) < 4.78 is 1.95. The van der Waals surface area contributed by atoms with Crippen molar-refractivity contribution in [2.45, 2.75) is 19.8 Å². The van der Waals surface area contributed by atoms with Crippen molar-refractivity contribution in [2.75, 3.05) is 0 Å². The first kappa shape index (κ1) is 8.51. The van der Waals surface area contributed by atoms with Crippen LogP contribution in [0.15, 0.2) is 18.3 Å². The molecule has 0 saturated heterocycles. The van der Waals surface area contributed by atoms with E-state index >= 15 is 0 Å². The van der Waals surface area contributed by atoms with Gasteiger partial charge in [-0.1, -0.05) is 25.4 Å². The third-order valence-corrected chi connectivity index (χ3v) is 2.15. The Kier molecular flexibility index (Phi) is 1.96. The Morgan fingerprint density at radius 1 is 1.38 bits per heavy atom. The van der Waals surface area contributed by atoms with Crippen LogP contribution in [0.4, 0.5) is 0 Å². The first-order chi connectivity index (χ1) is 6.18. The fourth-order valence-corrected chi connectivity index (χ4v) is 1.43. The van der Waals surface area contributed by atoms with Crippen molar-refractivity contribution in [1.82, 2.24) is 14.6 Å². The molecule has 13 heavy (non-hydrogen) atoms. The summed E-state index contributed by atoms with van der Waals surface area (Å²) in [6, 6.07) is 3.64. The number of fused-ring (bicyclic) bond motifs is 1. The molecule has 0 atom stereocenters. The average molecular weight is 196 g/mol. The van der Waals surface area contributed by atoms with Gasteiger partial charge in [-0.25, -0.2) is 0 Å². The minimum atomic E-state index is 0.371. The SMILES string of the molecule is CC(C)c1nnc2cc(Cl)ccn12. The predicted octanol–water partition coefficient (Wildman–Crippen LogP) is 2.51. The van der Waals surface area contributed by atoms with E-state index in [0.29, 0.717) is 10.9 Å². The first-order valence-corrected chi connectivity index (χ1v) is 4.56. The van der Waals surface area contributed by atoms with E-state index in [1.807, 2.05) is 16.7 Å². The summed E-state index contributed by atoms with van der Waals surface area (Å²) in [6.45, 7) is 4.18. The van der Waals surface area contributed by atoms with Crippen molar-refractivity contribution < 1.29 is 0 Å². The minimum absolute atomic E-state index is 0.371. The molecule has 0 unspecified atom stereocenters. The monoisotopic (exact) mass is 195 g/mol. The zero-order valence-electron chi connectivity index (χ0n) is 7.53. The molecule has 0 bridgehead atoms. The summed E-state index contributed by atoms with van der Waals surface area (Å²) in [5.74, 6) is 1.34. The fraction of sp³-hybridized carbons (Fsp3) is 0.333. The molecule has 0 amide bonds. The smallest absolute Gasteiger partial charge is 0.162 e. The second-order valence-electron chi connectivity index (χ2n) is 3.29. The number of pyridine rings is 1. The Morgan fingerprint density at radius 2 is 2.15 bits per heavy atom. The van der Waals surface area contributed by atoms with Gasteiger partial charge in [-0.05, 0) is 6.07 Å². The van der Waals surface area contributed by atoms with Crippen LogP contribution in [-0.4, -0.2) is 14.6 Å². The second kappa shape index (κ2) is 3.00. The van der Waals surface area contributed by atoms with Crippen molar-refractivity contribution in [2.24, 2.45) is 0 Å². The van der Waals surface area contributed by atoms with Crippen LogP contribution in [0.25, 0.3) is 5.65 Å². The van der Waals surface area contributed by atoms with Gasteiger partial charge in [0.25, 0.3) is 0 Å². The topological polar surface area (TPSA) is 30.2 Å². The standard InChI is InChI=1S/C9H10ClN3/c1-6(2)9-12-11-8-5-7(10)3-4-13(8)9/h3-6H,1-2H3. The molecule has 3 nitrogen and oxygen atoms in total. The van der Waals surface area contributed by atoms with Crippen molar-refractivity contribution >= 4 is 17.2 Å². The van der Waals surface area contributed by atoms with Gasteiger partial charge in [0, 0.05) is 23.2 Å². The molecule has 0 saturated carbocycles. The van der Waals surface area contributed by atoms with Crippen LogP contribution in [0.3, 0.4) is 0 Å². The van der Waals surface area contributed by atoms with Gasteiger partial charge in [-0.15, -0.1) is 10.2 Å². The maximum absolute atomic E-state index is 5.83. The molecule has 0 aliphatic rings. The molecule has 68 valence electrons. The van der Waals surface area contributed by atoms with Crippen molar-refractivity contribution in [1.29, 1.82) is 0 Å². The van der Waals surface area contributed by atoms with E-state index in [2.05, 4.69) is 24.0 Å². The van der Waals surface area contributed by atoms with Gasteiger partial charge < -0.3 is 0 Å². The lowest BCUT2D eigenvalue weighted by atomic mass is 10.2. The van der Waals surface area contributed by atoms with Gasteiger partial charge in [-0.3, -0.25) is 4.40 Å². The number of hydrogen-bond donors (Lipinski definition) is 0. The highest BCUT2D eigenvalue weighted by Crippen LogP contribution is 2.16. The lowest BCUT2D eigenvalue weighted by molar-refractivity contribution is 0.759. The maximum atomic E-state index is 5.83. The van der Waals surface area contributed by atoms with Crippen LogP contribution in [0.5, 0.6) is 0 Å². The molecule has 2 heterocycles. The maximum Gasteiger partial charge on any atom is 0.162 e. The zero-order chi connectivity index (χ0) is 9.42. The number of aromatic nitrogens is 3. The third-order valence-electron chi connectivity index (χ3n) is 1.91. The molecule has 0 aromatic carbocycles. The number of hydrogen-bond acceptors (Lipinski definition) is 2. The highest BCUT2D eigenvalue weighted by molar-refractivity contribution is 6.30. The summed E-state index contributed by atoms with van der Waals surface area (Å²) >= 11 is 5.83. The van der Waals surface area contributed by atoms with Crippen LogP contribution in [0.1, 0.15) is 25.6 Å². The molecule has 0 spiro atoms. The normalized spacial score (nSPS) is 11.4. The minimum Gasteiger partial charge on any atom is -0.286 e. The van der Waals surface area contributed by atoms with E-state index in [-0.39, 0.29) is 0 Å². The van der Waals surface area contributed by atoms with E-state index < -0.39 is 0 Å². The predicted molar refractivity (Wildman–Crippen MR) is 52.1 cm³/mol. The van der Waals surface area contributed by atoms with Gasteiger partial charge in [0.2, 0.25) is 0 Å². The molecule has 4 heteroatoms. The molecule has 0 aliphatic carbocycles.